The summed E-state index contributed by atoms with van der Waals surface area (Å²) in [7, 11) is 0. The van der Waals surface area contributed by atoms with E-state index in [0.717, 1.165) is 92.9 Å². The molecular formula is C51H76O2. The van der Waals surface area contributed by atoms with Gasteiger partial charge in [0, 0.05) is 0 Å². The number of aliphatic hydroxyl groups excluding tert-OH is 2. The summed E-state index contributed by atoms with van der Waals surface area (Å²) in [4.78, 5) is 0. The van der Waals surface area contributed by atoms with E-state index < -0.39 is 12.2 Å². The lowest BCUT2D eigenvalue weighted by Gasteiger charge is -2.30. The molecule has 1 aromatic rings. The molecule has 0 aromatic heterocycles. The van der Waals surface area contributed by atoms with Crippen LogP contribution in [0.1, 0.15) is 189 Å². The van der Waals surface area contributed by atoms with E-state index in [-0.39, 0.29) is 0 Å². The minimum atomic E-state index is -0.641. The summed E-state index contributed by atoms with van der Waals surface area (Å²) < 4.78 is 0. The number of hydrogen-bond acceptors (Lipinski definition) is 2. The average molecular weight is 721 g/mol. The molecule has 0 heterocycles. The predicted octanol–water partition coefficient (Wildman–Crippen LogP) is 15.5. The molecule has 0 saturated carbocycles. The van der Waals surface area contributed by atoms with Gasteiger partial charge in [-0.3, -0.25) is 0 Å². The zero-order valence-electron chi connectivity index (χ0n) is 35.6. The molecule has 0 fully saturated rings. The Balaban J connectivity index is 1.62. The van der Waals surface area contributed by atoms with Gasteiger partial charge in [0.1, 0.15) is 12.2 Å². The first-order chi connectivity index (χ1) is 25.3. The number of rotatable bonds is 23. The summed E-state index contributed by atoms with van der Waals surface area (Å²) in [6.45, 7) is 22.2. The van der Waals surface area contributed by atoms with Gasteiger partial charge in [-0.1, -0.05) is 117 Å². The van der Waals surface area contributed by atoms with Gasteiger partial charge in [0.25, 0.3) is 0 Å². The van der Waals surface area contributed by atoms with E-state index in [0.29, 0.717) is 6.42 Å². The second-order valence-corrected chi connectivity index (χ2v) is 16.3. The van der Waals surface area contributed by atoms with Crippen LogP contribution in [0.3, 0.4) is 0 Å². The van der Waals surface area contributed by atoms with Gasteiger partial charge in [-0.2, -0.15) is 0 Å². The SMILES string of the molecule is CC(C)=CCCC(C)=CCCC(C)=CCCC(C)=CCCC(C)=CCCC(C)=CCCC(C)=CCCC(C)=CCC1=C(C)C(O)c2ccccc2C1O. The first-order valence-corrected chi connectivity index (χ1v) is 20.7. The van der Waals surface area contributed by atoms with Crippen LogP contribution in [0, 0.1) is 0 Å². The molecule has 2 rings (SSSR count). The third-order valence-electron chi connectivity index (χ3n) is 10.8. The molecule has 0 spiro atoms. The summed E-state index contributed by atoms with van der Waals surface area (Å²) >= 11 is 0. The van der Waals surface area contributed by atoms with Crippen LogP contribution in [-0.2, 0) is 0 Å². The third kappa shape index (κ3) is 19.1. The Bertz CT molecular complexity index is 1560. The van der Waals surface area contributed by atoms with Crippen LogP contribution in [0.15, 0.2) is 129 Å². The summed E-state index contributed by atoms with van der Waals surface area (Å²) in [5, 5.41) is 21.7. The van der Waals surface area contributed by atoms with Gasteiger partial charge in [-0.25, -0.2) is 0 Å². The first kappa shape index (κ1) is 46.0. The van der Waals surface area contributed by atoms with Crippen molar-refractivity contribution in [3.63, 3.8) is 0 Å². The fourth-order valence-corrected chi connectivity index (χ4v) is 6.96. The molecule has 0 aliphatic heterocycles. The lowest BCUT2D eigenvalue weighted by Crippen LogP contribution is -2.17. The van der Waals surface area contributed by atoms with Crippen molar-refractivity contribution in [3.05, 3.63) is 140 Å². The Morgan fingerprint density at radius 2 is 0.717 bits per heavy atom. The summed E-state index contributed by atoms with van der Waals surface area (Å²) in [5.41, 5.74) is 15.2. The van der Waals surface area contributed by atoms with Crippen molar-refractivity contribution < 1.29 is 10.2 Å². The minimum absolute atomic E-state index is 0.632. The zero-order chi connectivity index (χ0) is 39.2. The number of fused-ring (bicyclic) bond motifs is 1. The van der Waals surface area contributed by atoms with E-state index in [4.69, 9.17) is 0 Å². The molecular weight excluding hydrogens is 645 g/mol. The lowest BCUT2D eigenvalue weighted by atomic mass is 9.81. The third-order valence-corrected chi connectivity index (χ3v) is 10.8. The largest absolute Gasteiger partial charge is 0.384 e. The molecule has 2 atom stereocenters. The Labute approximate surface area is 326 Å². The van der Waals surface area contributed by atoms with E-state index in [1.54, 1.807) is 0 Å². The van der Waals surface area contributed by atoms with Crippen LogP contribution in [0.4, 0.5) is 0 Å². The number of aliphatic hydroxyl groups is 2. The van der Waals surface area contributed by atoms with Crippen molar-refractivity contribution in [2.24, 2.45) is 0 Å². The number of hydrogen-bond donors (Lipinski definition) is 2. The van der Waals surface area contributed by atoms with Crippen molar-refractivity contribution in [3.8, 4) is 0 Å². The minimum Gasteiger partial charge on any atom is -0.384 e. The van der Waals surface area contributed by atoms with Gasteiger partial charge < -0.3 is 10.2 Å². The van der Waals surface area contributed by atoms with Crippen LogP contribution >= 0.6 is 0 Å². The van der Waals surface area contributed by atoms with Crippen LogP contribution < -0.4 is 0 Å². The van der Waals surface area contributed by atoms with Crippen molar-refractivity contribution in [2.45, 2.75) is 178 Å². The Kier molecular flexibility index (Phi) is 22.3. The second-order valence-electron chi connectivity index (χ2n) is 16.3. The quantitative estimate of drug-likeness (QED) is 0.111. The molecule has 292 valence electrons. The maximum atomic E-state index is 11.0. The molecule has 2 N–H and O–H groups in total. The van der Waals surface area contributed by atoms with Crippen molar-refractivity contribution >= 4 is 0 Å². The van der Waals surface area contributed by atoms with E-state index in [1.165, 1.54) is 63.8 Å². The van der Waals surface area contributed by atoms with Crippen LogP contribution in [-0.4, -0.2) is 10.2 Å². The van der Waals surface area contributed by atoms with Gasteiger partial charge in [0.15, 0.2) is 0 Å². The standard InChI is InChI=1S/C51H76O2/c1-38(2)20-13-21-39(3)22-14-23-40(4)24-15-25-41(5)26-16-27-42(6)28-17-29-43(7)30-18-31-44(8)32-19-33-45(9)36-37-47-46(10)50(52)48-34-11-12-35-49(48)51(47)53/h11-12,20,22,24,26,28,30,32,34-36,50-53H,13-19,21,23,25,27,29,31,33,37H2,1-10H3. The van der Waals surface area contributed by atoms with Crippen LogP contribution in [0.2, 0.25) is 0 Å². The molecule has 53 heavy (non-hydrogen) atoms. The molecule has 0 saturated heterocycles. The van der Waals surface area contributed by atoms with Gasteiger partial charge >= 0.3 is 0 Å². The fourth-order valence-electron chi connectivity index (χ4n) is 6.96. The highest BCUT2D eigenvalue weighted by Gasteiger charge is 2.29. The molecule has 1 aromatic carbocycles. The highest BCUT2D eigenvalue weighted by molar-refractivity contribution is 5.45. The predicted molar refractivity (Wildman–Crippen MR) is 234 cm³/mol. The van der Waals surface area contributed by atoms with E-state index in [9.17, 15) is 10.2 Å². The number of allylic oxidation sites excluding steroid dienone is 16. The van der Waals surface area contributed by atoms with Crippen LogP contribution in [0.25, 0.3) is 0 Å². The van der Waals surface area contributed by atoms with Gasteiger partial charge in [0.05, 0.1) is 0 Å². The molecule has 0 radical (unpaired) electrons. The smallest absolute Gasteiger partial charge is 0.101 e. The topological polar surface area (TPSA) is 40.5 Å². The highest BCUT2D eigenvalue weighted by Crippen LogP contribution is 2.41. The molecule has 2 nitrogen and oxygen atoms in total. The molecule has 0 amide bonds. The maximum Gasteiger partial charge on any atom is 0.101 e. The summed E-state index contributed by atoms with van der Waals surface area (Å²) in [6, 6.07) is 7.68. The average Bonchev–Trinajstić information content (AvgIpc) is 3.10. The zero-order valence-corrected chi connectivity index (χ0v) is 35.6. The van der Waals surface area contributed by atoms with E-state index >= 15 is 0 Å². The molecule has 2 heteroatoms. The number of benzene rings is 1. The molecule has 1 aliphatic carbocycles. The van der Waals surface area contributed by atoms with Crippen molar-refractivity contribution in [2.75, 3.05) is 0 Å². The second kappa shape index (κ2) is 25.8. The molecule has 0 bridgehead atoms. The van der Waals surface area contributed by atoms with Gasteiger partial charge in [0.2, 0.25) is 0 Å². The van der Waals surface area contributed by atoms with E-state index in [2.05, 4.69) is 111 Å². The summed E-state index contributed by atoms with van der Waals surface area (Å²) in [5.74, 6) is 0. The van der Waals surface area contributed by atoms with Crippen LogP contribution in [0.5, 0.6) is 0 Å². The van der Waals surface area contributed by atoms with Gasteiger partial charge in [-0.15, -0.1) is 0 Å². The fraction of sp³-hybridized carbons (Fsp3) is 0.529. The monoisotopic (exact) mass is 721 g/mol. The normalized spacial score (nSPS) is 18.2. The Morgan fingerprint density at radius 1 is 0.434 bits per heavy atom. The van der Waals surface area contributed by atoms with Crippen molar-refractivity contribution in [1.82, 2.24) is 0 Å². The molecule has 2 unspecified atom stereocenters. The lowest BCUT2D eigenvalue weighted by molar-refractivity contribution is 0.167. The van der Waals surface area contributed by atoms with Gasteiger partial charge in [-0.05, 0) is 188 Å². The summed E-state index contributed by atoms with van der Waals surface area (Å²) in [6.07, 6.45) is 34.4. The Morgan fingerprint density at radius 3 is 1.04 bits per heavy atom. The Hall–Kier alpha value is -3.20. The van der Waals surface area contributed by atoms with E-state index in [1.807, 2.05) is 31.2 Å². The highest BCUT2D eigenvalue weighted by atomic mass is 16.3. The van der Waals surface area contributed by atoms with Crippen molar-refractivity contribution in [1.29, 1.82) is 0 Å². The maximum absolute atomic E-state index is 11.0. The first-order valence-electron chi connectivity index (χ1n) is 20.7. The molecule has 1 aliphatic rings.